The topological polar surface area (TPSA) is 84.2 Å². The smallest absolute Gasteiger partial charge is 0.251 e. The minimum Gasteiger partial charge on any atom is -0.355 e. The molecule has 0 saturated heterocycles. The van der Waals surface area contributed by atoms with Crippen molar-refractivity contribution in [2.75, 3.05) is 12.4 Å². The van der Waals surface area contributed by atoms with Crippen LogP contribution >= 0.6 is 0 Å². The molecule has 0 bridgehead atoms. The third-order valence-electron chi connectivity index (χ3n) is 2.91. The quantitative estimate of drug-likeness (QED) is 0.751. The lowest BCUT2D eigenvalue weighted by Gasteiger charge is -2.12. The van der Waals surface area contributed by atoms with E-state index in [0.29, 0.717) is 24.1 Å². The molecule has 0 radical (unpaired) electrons. The number of hydrogen-bond donors (Lipinski definition) is 3. The van der Waals surface area contributed by atoms with Crippen molar-refractivity contribution in [3.63, 3.8) is 0 Å². The number of nitrogens with one attached hydrogen (secondary N) is 2. The fraction of sp³-hybridized carbons (Fsp3) is 0.429. The molecule has 5 heteroatoms. The van der Waals surface area contributed by atoms with E-state index in [1.165, 1.54) is 0 Å². The zero-order valence-electron chi connectivity index (χ0n) is 11.6. The van der Waals surface area contributed by atoms with Crippen LogP contribution in [0, 0.1) is 6.92 Å². The Bertz CT molecular complexity index is 470. The van der Waals surface area contributed by atoms with Crippen molar-refractivity contribution >= 4 is 17.5 Å². The largest absolute Gasteiger partial charge is 0.355 e. The molecule has 0 aliphatic heterocycles. The van der Waals surface area contributed by atoms with Crippen LogP contribution < -0.4 is 16.4 Å². The van der Waals surface area contributed by atoms with Gasteiger partial charge in [0, 0.05) is 30.8 Å². The van der Waals surface area contributed by atoms with Crippen molar-refractivity contribution in [2.45, 2.75) is 32.7 Å². The third-order valence-corrected chi connectivity index (χ3v) is 2.91. The SMILES string of the molecule is CNC(=O)c1cccc(NC(=O)CCC(C)N)c1C. The maximum Gasteiger partial charge on any atom is 0.251 e. The van der Waals surface area contributed by atoms with E-state index in [4.69, 9.17) is 5.73 Å². The highest BCUT2D eigenvalue weighted by atomic mass is 16.2. The van der Waals surface area contributed by atoms with E-state index in [-0.39, 0.29) is 17.9 Å². The Morgan fingerprint density at radius 3 is 2.63 bits per heavy atom. The van der Waals surface area contributed by atoms with Crippen molar-refractivity contribution in [1.82, 2.24) is 5.32 Å². The maximum atomic E-state index is 11.8. The molecule has 0 heterocycles. The molecule has 0 spiro atoms. The van der Waals surface area contributed by atoms with Crippen LogP contribution in [0.15, 0.2) is 18.2 Å². The summed E-state index contributed by atoms with van der Waals surface area (Å²) in [6.45, 7) is 3.68. The number of hydrogen-bond acceptors (Lipinski definition) is 3. The van der Waals surface area contributed by atoms with Gasteiger partial charge in [0.15, 0.2) is 0 Å². The van der Waals surface area contributed by atoms with Crippen LogP contribution in [0.2, 0.25) is 0 Å². The lowest BCUT2D eigenvalue weighted by Crippen LogP contribution is -2.21. The van der Waals surface area contributed by atoms with Crippen LogP contribution in [0.3, 0.4) is 0 Å². The highest BCUT2D eigenvalue weighted by molar-refractivity contribution is 5.99. The molecular formula is C14H21N3O2. The van der Waals surface area contributed by atoms with Gasteiger partial charge in [0.2, 0.25) is 5.91 Å². The first-order valence-electron chi connectivity index (χ1n) is 6.32. The molecule has 0 aliphatic carbocycles. The summed E-state index contributed by atoms with van der Waals surface area (Å²) in [5.74, 6) is -0.251. The summed E-state index contributed by atoms with van der Waals surface area (Å²) in [7, 11) is 1.58. The van der Waals surface area contributed by atoms with Crippen LogP contribution in [-0.2, 0) is 4.79 Å². The lowest BCUT2D eigenvalue weighted by atomic mass is 10.1. The fourth-order valence-corrected chi connectivity index (χ4v) is 1.72. The standard InChI is InChI=1S/C14H21N3O2/c1-9(15)7-8-13(18)17-12-6-4-5-11(10(12)2)14(19)16-3/h4-6,9H,7-8,15H2,1-3H3,(H,16,19)(H,17,18). The molecule has 1 atom stereocenters. The zero-order chi connectivity index (χ0) is 14.4. The van der Waals surface area contributed by atoms with Crippen LogP contribution in [-0.4, -0.2) is 24.9 Å². The molecule has 1 unspecified atom stereocenters. The molecule has 0 aromatic heterocycles. The maximum absolute atomic E-state index is 11.8. The van der Waals surface area contributed by atoms with Gasteiger partial charge in [-0.2, -0.15) is 0 Å². The molecule has 2 amide bonds. The number of amides is 2. The molecular weight excluding hydrogens is 242 g/mol. The van der Waals surface area contributed by atoms with Crippen LogP contribution in [0.25, 0.3) is 0 Å². The Balaban J connectivity index is 2.79. The second-order valence-corrected chi connectivity index (χ2v) is 4.62. The van der Waals surface area contributed by atoms with Gasteiger partial charge in [-0.25, -0.2) is 0 Å². The molecule has 104 valence electrons. The van der Waals surface area contributed by atoms with Gasteiger partial charge in [-0.1, -0.05) is 6.07 Å². The average Bonchev–Trinajstić information content (AvgIpc) is 2.38. The van der Waals surface area contributed by atoms with Crippen LogP contribution in [0.5, 0.6) is 0 Å². The van der Waals surface area contributed by atoms with Crippen molar-refractivity contribution in [2.24, 2.45) is 5.73 Å². The van der Waals surface area contributed by atoms with E-state index in [1.54, 1.807) is 25.2 Å². The molecule has 19 heavy (non-hydrogen) atoms. The predicted octanol–water partition coefficient (Wildman–Crippen LogP) is 1.42. The lowest BCUT2D eigenvalue weighted by molar-refractivity contribution is -0.116. The van der Waals surface area contributed by atoms with Crippen molar-refractivity contribution in [1.29, 1.82) is 0 Å². The normalized spacial score (nSPS) is 11.8. The summed E-state index contributed by atoms with van der Waals surface area (Å²) in [5.41, 5.74) is 7.60. The number of nitrogens with two attached hydrogens (primary N) is 1. The number of anilines is 1. The predicted molar refractivity (Wildman–Crippen MR) is 76.1 cm³/mol. The van der Waals surface area contributed by atoms with Crippen molar-refractivity contribution < 1.29 is 9.59 Å². The fourth-order valence-electron chi connectivity index (χ4n) is 1.72. The summed E-state index contributed by atoms with van der Waals surface area (Å²) in [6.07, 6.45) is 1.02. The van der Waals surface area contributed by atoms with E-state index in [9.17, 15) is 9.59 Å². The van der Waals surface area contributed by atoms with E-state index >= 15 is 0 Å². The van der Waals surface area contributed by atoms with Gasteiger partial charge in [-0.3, -0.25) is 9.59 Å². The molecule has 0 saturated carbocycles. The molecule has 1 aromatic rings. The Hall–Kier alpha value is -1.88. The average molecular weight is 263 g/mol. The number of benzene rings is 1. The summed E-state index contributed by atoms with van der Waals surface area (Å²) >= 11 is 0. The van der Waals surface area contributed by atoms with Gasteiger partial charge in [0.05, 0.1) is 0 Å². The van der Waals surface area contributed by atoms with E-state index < -0.39 is 0 Å². The van der Waals surface area contributed by atoms with Crippen molar-refractivity contribution in [3.8, 4) is 0 Å². The summed E-state index contributed by atoms with van der Waals surface area (Å²) in [6, 6.07) is 5.26. The highest BCUT2D eigenvalue weighted by Crippen LogP contribution is 2.19. The summed E-state index contributed by atoms with van der Waals surface area (Å²) < 4.78 is 0. The number of carbonyl (C=O) groups excluding carboxylic acids is 2. The molecule has 0 aliphatic rings. The van der Waals surface area contributed by atoms with Gasteiger partial charge >= 0.3 is 0 Å². The van der Waals surface area contributed by atoms with Crippen LogP contribution in [0.1, 0.15) is 35.7 Å². The minimum absolute atomic E-state index is 0.00375. The van der Waals surface area contributed by atoms with Gasteiger partial charge < -0.3 is 16.4 Å². The highest BCUT2D eigenvalue weighted by Gasteiger charge is 2.12. The Kier molecular flexibility index (Phi) is 5.51. The molecule has 1 aromatic carbocycles. The summed E-state index contributed by atoms with van der Waals surface area (Å²) in [5, 5.41) is 5.38. The Morgan fingerprint density at radius 1 is 1.37 bits per heavy atom. The molecule has 5 nitrogen and oxygen atoms in total. The molecule has 4 N–H and O–H groups in total. The van der Waals surface area contributed by atoms with E-state index in [2.05, 4.69) is 10.6 Å². The zero-order valence-corrected chi connectivity index (χ0v) is 11.6. The van der Waals surface area contributed by atoms with Gasteiger partial charge in [-0.05, 0) is 38.0 Å². The molecule has 0 fully saturated rings. The van der Waals surface area contributed by atoms with Crippen LogP contribution in [0.4, 0.5) is 5.69 Å². The Labute approximate surface area is 113 Å². The summed E-state index contributed by atoms with van der Waals surface area (Å²) in [4.78, 5) is 23.4. The van der Waals surface area contributed by atoms with Gasteiger partial charge in [0.1, 0.15) is 0 Å². The number of rotatable bonds is 5. The van der Waals surface area contributed by atoms with E-state index in [0.717, 1.165) is 5.56 Å². The Morgan fingerprint density at radius 2 is 2.05 bits per heavy atom. The van der Waals surface area contributed by atoms with Gasteiger partial charge in [-0.15, -0.1) is 0 Å². The van der Waals surface area contributed by atoms with Gasteiger partial charge in [0.25, 0.3) is 5.91 Å². The monoisotopic (exact) mass is 263 g/mol. The first-order chi connectivity index (χ1) is 8.95. The van der Waals surface area contributed by atoms with Crippen molar-refractivity contribution in [3.05, 3.63) is 29.3 Å². The van der Waals surface area contributed by atoms with E-state index in [1.807, 2.05) is 13.8 Å². The third kappa shape index (κ3) is 4.37. The first-order valence-corrected chi connectivity index (χ1v) is 6.32. The second-order valence-electron chi connectivity index (χ2n) is 4.62. The second kappa shape index (κ2) is 6.89. The molecule has 1 rings (SSSR count). The number of carbonyl (C=O) groups is 2. The first kappa shape index (κ1) is 15.2. The minimum atomic E-state index is -0.163.